The lowest BCUT2D eigenvalue weighted by Crippen LogP contribution is -2.24. The molecule has 1 heterocycles. The fourth-order valence-corrected chi connectivity index (χ4v) is 5.08. The third kappa shape index (κ3) is 6.56. The molecule has 4 rings (SSSR count). The Hall–Kier alpha value is -4.27. The highest BCUT2D eigenvalue weighted by molar-refractivity contribution is 7.91. The van der Waals surface area contributed by atoms with Crippen LogP contribution in [0.25, 0.3) is 11.0 Å². The van der Waals surface area contributed by atoms with Gasteiger partial charge in [-0.3, -0.25) is 0 Å². The van der Waals surface area contributed by atoms with Crippen LogP contribution in [0.3, 0.4) is 0 Å². The lowest BCUT2D eigenvalue weighted by molar-refractivity contribution is -0.274. The zero-order valence-corrected chi connectivity index (χ0v) is 22.4. The van der Waals surface area contributed by atoms with Gasteiger partial charge in [0.05, 0.1) is 46.4 Å². The van der Waals surface area contributed by atoms with Crippen LogP contribution < -0.4 is 10.4 Å². The van der Waals surface area contributed by atoms with Gasteiger partial charge in [0.2, 0.25) is 5.62 Å². The number of carbonyl (C=O) groups is 1. The molecule has 218 valence electrons. The van der Waals surface area contributed by atoms with Crippen molar-refractivity contribution >= 4 is 32.5 Å². The Bertz CT molecular complexity index is 1790. The number of sulfone groups is 1. The van der Waals surface area contributed by atoms with E-state index < -0.39 is 44.6 Å². The molecular formula is C26H21F6N3O5S. The van der Waals surface area contributed by atoms with E-state index in [-0.39, 0.29) is 34.4 Å². The molecule has 0 radical (unpaired) electrons. The standard InChI is InChI=1S/C26H21F6N3O5S/c1-34-22-20(12-17(25(27,28)29)13-21(22)41(3,37)38)35(14-15-4-6-16(7-5-15)23(36)39-2)24(34)33-18-8-10-19(11-9-18)40-26(30,31)32/h4-13H,14H2,1-3H3. The molecule has 0 N–H and O–H groups in total. The number of ether oxygens (including phenoxy) is 2. The van der Waals surface area contributed by atoms with Crippen LogP contribution in [-0.2, 0) is 34.3 Å². The molecule has 0 amide bonds. The molecule has 0 fully saturated rings. The number of hydrogen-bond acceptors (Lipinski definition) is 6. The Morgan fingerprint density at radius 2 is 1.56 bits per heavy atom. The zero-order chi connectivity index (χ0) is 30.3. The molecule has 0 atom stereocenters. The van der Waals surface area contributed by atoms with Crippen molar-refractivity contribution in [2.45, 2.75) is 24.0 Å². The molecule has 3 aromatic carbocycles. The highest BCUT2D eigenvalue weighted by atomic mass is 32.2. The topological polar surface area (TPSA) is 91.9 Å². The summed E-state index contributed by atoms with van der Waals surface area (Å²) in [6, 6.07) is 11.7. The molecule has 8 nitrogen and oxygen atoms in total. The lowest BCUT2D eigenvalue weighted by Gasteiger charge is -2.12. The first-order chi connectivity index (χ1) is 19.0. The van der Waals surface area contributed by atoms with Crippen LogP contribution >= 0.6 is 0 Å². The predicted molar refractivity (Wildman–Crippen MR) is 134 cm³/mol. The van der Waals surface area contributed by atoms with Crippen LogP contribution in [0.4, 0.5) is 32.0 Å². The normalized spacial score (nSPS) is 13.0. The maximum atomic E-state index is 13.8. The molecule has 0 saturated carbocycles. The summed E-state index contributed by atoms with van der Waals surface area (Å²) in [5, 5.41) is 0. The first-order valence-corrected chi connectivity index (χ1v) is 13.5. The average Bonchev–Trinajstić information content (AvgIpc) is 3.13. The summed E-state index contributed by atoms with van der Waals surface area (Å²) in [6.45, 7) is -0.114. The van der Waals surface area contributed by atoms with E-state index in [1.54, 1.807) is 0 Å². The summed E-state index contributed by atoms with van der Waals surface area (Å²) >= 11 is 0. The molecule has 0 unspecified atom stereocenters. The number of nitrogens with zero attached hydrogens (tertiary/aromatic N) is 3. The number of benzene rings is 3. The molecule has 0 aliphatic rings. The number of aromatic nitrogens is 2. The number of esters is 1. The summed E-state index contributed by atoms with van der Waals surface area (Å²) in [5.41, 5.74) is -0.546. The molecule has 41 heavy (non-hydrogen) atoms. The van der Waals surface area contributed by atoms with Gasteiger partial charge < -0.3 is 18.6 Å². The van der Waals surface area contributed by atoms with Crippen LogP contribution in [0.1, 0.15) is 21.5 Å². The van der Waals surface area contributed by atoms with Crippen LogP contribution in [0, 0.1) is 0 Å². The molecule has 1 aromatic heterocycles. The van der Waals surface area contributed by atoms with Gasteiger partial charge in [0.25, 0.3) is 0 Å². The number of aryl methyl sites for hydroxylation is 1. The summed E-state index contributed by atoms with van der Waals surface area (Å²) in [6.07, 6.45) is -9.02. The number of methoxy groups -OCH3 is 1. The van der Waals surface area contributed by atoms with E-state index >= 15 is 0 Å². The largest absolute Gasteiger partial charge is 0.573 e. The van der Waals surface area contributed by atoms with E-state index in [2.05, 4.69) is 14.5 Å². The van der Waals surface area contributed by atoms with E-state index in [1.165, 1.54) is 59.7 Å². The smallest absolute Gasteiger partial charge is 0.465 e. The summed E-state index contributed by atoms with van der Waals surface area (Å²) < 4.78 is 116. The first-order valence-electron chi connectivity index (χ1n) is 11.6. The molecular weight excluding hydrogens is 580 g/mol. The maximum absolute atomic E-state index is 13.8. The van der Waals surface area contributed by atoms with Crippen molar-refractivity contribution in [3.05, 3.63) is 83.0 Å². The maximum Gasteiger partial charge on any atom is 0.573 e. The van der Waals surface area contributed by atoms with E-state index in [0.717, 1.165) is 24.5 Å². The second kappa shape index (κ2) is 10.6. The van der Waals surface area contributed by atoms with Crippen molar-refractivity contribution < 1.29 is 49.0 Å². The van der Waals surface area contributed by atoms with Gasteiger partial charge in [0.15, 0.2) is 9.84 Å². The number of carbonyl (C=O) groups excluding carboxylic acids is 1. The molecule has 0 aliphatic carbocycles. The second-order valence-corrected chi connectivity index (χ2v) is 10.9. The molecule has 15 heteroatoms. The van der Waals surface area contributed by atoms with E-state index in [0.29, 0.717) is 11.6 Å². The van der Waals surface area contributed by atoms with Gasteiger partial charge in [-0.05, 0) is 54.1 Å². The van der Waals surface area contributed by atoms with Gasteiger partial charge in [-0.1, -0.05) is 12.1 Å². The van der Waals surface area contributed by atoms with Gasteiger partial charge in [-0.2, -0.15) is 13.2 Å². The lowest BCUT2D eigenvalue weighted by atomic mass is 10.1. The molecule has 0 spiro atoms. The summed E-state index contributed by atoms with van der Waals surface area (Å²) in [7, 11) is -1.57. The van der Waals surface area contributed by atoms with Crippen molar-refractivity contribution in [2.75, 3.05) is 13.4 Å². The Morgan fingerprint density at radius 3 is 2.07 bits per heavy atom. The number of fused-ring (bicyclic) bond motifs is 1. The van der Waals surface area contributed by atoms with E-state index in [4.69, 9.17) is 0 Å². The molecule has 0 bridgehead atoms. The minimum absolute atomic E-state index is 0.00856. The van der Waals surface area contributed by atoms with Gasteiger partial charge in [0.1, 0.15) is 5.75 Å². The fraction of sp³-hybridized carbons (Fsp3) is 0.231. The number of alkyl halides is 6. The first kappa shape index (κ1) is 29.7. The molecule has 0 aliphatic heterocycles. The average molecular weight is 602 g/mol. The van der Waals surface area contributed by atoms with Crippen molar-refractivity contribution in [1.82, 2.24) is 9.13 Å². The fourth-order valence-electron chi connectivity index (χ4n) is 4.15. The third-order valence-corrected chi connectivity index (χ3v) is 7.07. The SMILES string of the molecule is COC(=O)c1ccc(Cn2c(=Nc3ccc(OC(F)(F)F)cc3)n(C)c3c(S(C)(=O)=O)cc(C(F)(F)F)cc32)cc1. The van der Waals surface area contributed by atoms with Gasteiger partial charge >= 0.3 is 18.5 Å². The van der Waals surface area contributed by atoms with E-state index in [9.17, 15) is 39.6 Å². The van der Waals surface area contributed by atoms with Crippen molar-refractivity contribution in [2.24, 2.45) is 12.0 Å². The summed E-state index contributed by atoms with van der Waals surface area (Å²) in [4.78, 5) is 15.6. The Labute approximate surface area is 229 Å². The van der Waals surface area contributed by atoms with Gasteiger partial charge in [-0.25, -0.2) is 18.2 Å². The van der Waals surface area contributed by atoms with Crippen molar-refractivity contribution in [1.29, 1.82) is 0 Å². The van der Waals surface area contributed by atoms with Crippen LogP contribution in [0.5, 0.6) is 5.75 Å². The Balaban J connectivity index is 1.99. The monoisotopic (exact) mass is 601 g/mol. The summed E-state index contributed by atoms with van der Waals surface area (Å²) in [5.74, 6) is -1.11. The van der Waals surface area contributed by atoms with Gasteiger partial charge in [0, 0.05) is 13.3 Å². The highest BCUT2D eigenvalue weighted by Gasteiger charge is 2.34. The number of halogens is 6. The van der Waals surface area contributed by atoms with Crippen LogP contribution in [-0.4, -0.2) is 43.2 Å². The second-order valence-electron chi connectivity index (χ2n) is 8.90. The highest BCUT2D eigenvalue weighted by Crippen LogP contribution is 2.35. The quantitative estimate of drug-likeness (QED) is 0.219. The number of imidazole rings is 1. The third-order valence-electron chi connectivity index (χ3n) is 5.96. The molecule has 4 aromatic rings. The van der Waals surface area contributed by atoms with E-state index in [1.807, 2.05) is 0 Å². The minimum Gasteiger partial charge on any atom is -0.465 e. The zero-order valence-electron chi connectivity index (χ0n) is 21.5. The molecule has 0 saturated heterocycles. The van der Waals surface area contributed by atoms with Crippen molar-refractivity contribution in [3.63, 3.8) is 0 Å². The predicted octanol–water partition coefficient (Wildman–Crippen LogP) is 5.37. The number of rotatable bonds is 6. The van der Waals surface area contributed by atoms with Crippen molar-refractivity contribution in [3.8, 4) is 5.75 Å². The minimum atomic E-state index is -4.92. The number of hydrogen-bond donors (Lipinski definition) is 0. The Morgan fingerprint density at radius 1 is 0.951 bits per heavy atom. The van der Waals surface area contributed by atoms with Crippen LogP contribution in [0.15, 0.2) is 70.6 Å². The van der Waals surface area contributed by atoms with Crippen LogP contribution in [0.2, 0.25) is 0 Å². The van der Waals surface area contributed by atoms with Gasteiger partial charge in [-0.15, -0.1) is 13.2 Å². The Kier molecular flexibility index (Phi) is 7.69.